The second kappa shape index (κ2) is 12.1. The topological polar surface area (TPSA) is 61.9 Å². The molecule has 36 heavy (non-hydrogen) atoms. The average molecular weight is 506 g/mol. The number of methoxy groups -OCH3 is 1. The van der Waals surface area contributed by atoms with Gasteiger partial charge in [-0.1, -0.05) is 43.7 Å². The zero-order chi connectivity index (χ0) is 25.5. The van der Waals surface area contributed by atoms with E-state index in [1.807, 2.05) is 72.5 Å². The van der Waals surface area contributed by atoms with Crippen molar-refractivity contribution >= 4 is 28.3 Å². The van der Waals surface area contributed by atoms with Crippen molar-refractivity contribution in [2.45, 2.75) is 38.0 Å². The molecule has 0 saturated carbocycles. The van der Waals surface area contributed by atoms with Crippen LogP contribution in [0.1, 0.15) is 41.3 Å². The normalized spacial score (nSPS) is 14.4. The van der Waals surface area contributed by atoms with E-state index in [-0.39, 0.29) is 5.91 Å². The van der Waals surface area contributed by atoms with Crippen molar-refractivity contribution in [2.24, 2.45) is 0 Å². The molecule has 4 rings (SSSR count). The first-order valence-electron chi connectivity index (χ1n) is 12.6. The second-order valence-corrected chi connectivity index (χ2v) is 10.3. The highest BCUT2D eigenvalue weighted by Gasteiger charge is 2.25. The van der Waals surface area contributed by atoms with Gasteiger partial charge in [-0.2, -0.15) is 0 Å². The van der Waals surface area contributed by atoms with Gasteiger partial charge in [0, 0.05) is 37.4 Å². The van der Waals surface area contributed by atoms with E-state index in [1.54, 1.807) is 7.11 Å². The number of nitrogens with one attached hydrogen (secondary N) is 1. The average Bonchev–Trinajstić information content (AvgIpc) is 2.93. The number of unbranched alkanes of at least 4 members (excludes halogenated alkanes) is 1. The Labute approximate surface area is 216 Å². The maximum Gasteiger partial charge on any atom is 0.254 e. The van der Waals surface area contributed by atoms with E-state index in [9.17, 15) is 9.00 Å². The summed E-state index contributed by atoms with van der Waals surface area (Å²) in [6, 6.07) is 21.5. The molecule has 6 nitrogen and oxygen atoms in total. The Hall–Kier alpha value is -3.32. The molecule has 1 fully saturated rings. The van der Waals surface area contributed by atoms with Crippen LogP contribution >= 0.6 is 0 Å². The highest BCUT2D eigenvalue weighted by atomic mass is 32.2. The van der Waals surface area contributed by atoms with Gasteiger partial charge in [-0.05, 0) is 67.3 Å². The minimum absolute atomic E-state index is 0.00175. The van der Waals surface area contributed by atoms with Crippen molar-refractivity contribution in [3.8, 4) is 5.75 Å². The minimum Gasteiger partial charge on any atom is -0.495 e. The summed E-state index contributed by atoms with van der Waals surface area (Å²) in [6.07, 6.45) is 3.34. The molecule has 0 aromatic heterocycles. The molecule has 7 heteroatoms. The van der Waals surface area contributed by atoms with Gasteiger partial charge in [0.25, 0.3) is 5.91 Å². The third kappa shape index (κ3) is 6.08. The molecule has 190 valence electrons. The number of para-hydroxylation sites is 2. The minimum atomic E-state index is -1.40. The molecule has 1 aliphatic rings. The van der Waals surface area contributed by atoms with Crippen molar-refractivity contribution in [2.75, 3.05) is 42.9 Å². The van der Waals surface area contributed by atoms with Crippen LogP contribution in [0, 0.1) is 6.92 Å². The number of nitrogens with zero attached hydrogens (tertiary/aromatic N) is 2. The maximum atomic E-state index is 13.4. The summed E-state index contributed by atoms with van der Waals surface area (Å²) in [4.78, 5) is 18.3. The van der Waals surface area contributed by atoms with Crippen molar-refractivity contribution in [1.29, 1.82) is 0 Å². The zero-order valence-electron chi connectivity index (χ0n) is 21.3. The van der Waals surface area contributed by atoms with E-state index in [4.69, 9.17) is 4.74 Å². The fourth-order valence-corrected chi connectivity index (χ4v) is 5.30. The summed E-state index contributed by atoms with van der Waals surface area (Å²) in [6.45, 7) is 6.85. The standard InChI is InChI=1S/C29H35N3O3S/c1-4-5-8-23-12-15-25(16-13-23)36(34)30-24-14-11-22(2)26(21-24)29(33)32-19-17-31(18-20-32)27-9-6-7-10-28(27)35-3/h6-7,9-16,21,30H,4-5,8,17-20H2,1-3H3. The number of carbonyl (C=O) groups excluding carboxylic acids is 1. The highest BCUT2D eigenvalue weighted by molar-refractivity contribution is 7.86. The fraction of sp³-hybridized carbons (Fsp3) is 0.345. The number of anilines is 2. The molecule has 1 heterocycles. The molecule has 1 atom stereocenters. The summed E-state index contributed by atoms with van der Waals surface area (Å²) < 4.78 is 21.5. The Kier molecular flexibility index (Phi) is 8.65. The van der Waals surface area contributed by atoms with Crippen molar-refractivity contribution in [1.82, 2.24) is 4.90 Å². The number of aryl methyl sites for hydroxylation is 2. The van der Waals surface area contributed by atoms with Crippen LogP contribution in [-0.4, -0.2) is 48.3 Å². The SMILES string of the molecule is CCCCc1ccc(S(=O)Nc2ccc(C)c(C(=O)N3CCN(c4ccccc4OC)CC3)c2)cc1. The third-order valence-electron chi connectivity index (χ3n) is 6.63. The summed E-state index contributed by atoms with van der Waals surface area (Å²) in [7, 11) is 0.275. The Bertz CT molecular complexity index is 1200. The number of amides is 1. The molecule has 0 bridgehead atoms. The fourth-order valence-electron chi connectivity index (χ4n) is 4.45. The summed E-state index contributed by atoms with van der Waals surface area (Å²) in [5.41, 5.74) is 4.52. The third-order valence-corrected chi connectivity index (χ3v) is 7.75. The van der Waals surface area contributed by atoms with E-state index >= 15 is 0 Å². The number of rotatable bonds is 9. The largest absolute Gasteiger partial charge is 0.495 e. The van der Waals surface area contributed by atoms with Crippen LogP contribution in [0.4, 0.5) is 11.4 Å². The Morgan fingerprint density at radius 1 is 1.00 bits per heavy atom. The van der Waals surface area contributed by atoms with Gasteiger partial charge in [0.05, 0.1) is 17.7 Å². The van der Waals surface area contributed by atoms with Gasteiger partial charge in [0.1, 0.15) is 16.7 Å². The van der Waals surface area contributed by atoms with Gasteiger partial charge in [-0.15, -0.1) is 0 Å². The van der Waals surface area contributed by atoms with Crippen LogP contribution < -0.4 is 14.4 Å². The van der Waals surface area contributed by atoms with Gasteiger partial charge in [-0.25, -0.2) is 4.21 Å². The molecule has 1 unspecified atom stereocenters. The first-order chi connectivity index (χ1) is 17.5. The van der Waals surface area contributed by atoms with Crippen LogP contribution in [0.3, 0.4) is 0 Å². The Morgan fingerprint density at radius 3 is 2.42 bits per heavy atom. The van der Waals surface area contributed by atoms with Gasteiger partial charge in [0.2, 0.25) is 0 Å². The smallest absolute Gasteiger partial charge is 0.254 e. The van der Waals surface area contributed by atoms with E-state index < -0.39 is 11.0 Å². The quantitative estimate of drug-likeness (QED) is 0.421. The Morgan fingerprint density at radius 2 is 1.72 bits per heavy atom. The van der Waals surface area contributed by atoms with E-state index in [2.05, 4.69) is 22.6 Å². The molecule has 0 spiro atoms. The lowest BCUT2D eigenvalue weighted by Crippen LogP contribution is -2.49. The first-order valence-corrected chi connectivity index (χ1v) is 13.7. The van der Waals surface area contributed by atoms with E-state index in [1.165, 1.54) is 5.56 Å². The van der Waals surface area contributed by atoms with Crippen molar-refractivity contribution in [3.63, 3.8) is 0 Å². The predicted octanol–water partition coefficient (Wildman–Crippen LogP) is 5.44. The number of hydrogen-bond donors (Lipinski definition) is 1. The van der Waals surface area contributed by atoms with E-state index in [0.29, 0.717) is 24.3 Å². The van der Waals surface area contributed by atoms with Gasteiger partial charge in [-0.3, -0.25) is 4.79 Å². The van der Waals surface area contributed by atoms with Crippen LogP contribution in [0.15, 0.2) is 71.6 Å². The number of benzene rings is 3. The molecule has 1 saturated heterocycles. The highest BCUT2D eigenvalue weighted by Crippen LogP contribution is 2.29. The molecule has 3 aromatic carbocycles. The molecular formula is C29H35N3O3S. The lowest BCUT2D eigenvalue weighted by molar-refractivity contribution is 0.0746. The Balaban J connectivity index is 1.40. The van der Waals surface area contributed by atoms with E-state index in [0.717, 1.165) is 54.2 Å². The first kappa shape index (κ1) is 25.8. The molecule has 3 aromatic rings. The number of ether oxygens (including phenoxy) is 1. The molecular weight excluding hydrogens is 470 g/mol. The van der Waals surface area contributed by atoms with Gasteiger partial charge < -0.3 is 19.3 Å². The maximum absolute atomic E-state index is 13.4. The van der Waals surface area contributed by atoms with Crippen LogP contribution in [0.25, 0.3) is 0 Å². The number of hydrogen-bond acceptors (Lipinski definition) is 4. The molecule has 0 radical (unpaired) electrons. The summed E-state index contributed by atoms with van der Waals surface area (Å²) in [5, 5.41) is 0. The van der Waals surface area contributed by atoms with Crippen molar-refractivity contribution in [3.05, 3.63) is 83.4 Å². The second-order valence-electron chi connectivity index (χ2n) is 9.10. The molecule has 1 aliphatic heterocycles. The number of carbonyl (C=O) groups is 1. The van der Waals surface area contributed by atoms with Crippen molar-refractivity contribution < 1.29 is 13.7 Å². The van der Waals surface area contributed by atoms with Crippen LogP contribution in [0.5, 0.6) is 5.75 Å². The van der Waals surface area contributed by atoms with Gasteiger partial charge in [0.15, 0.2) is 0 Å². The lowest BCUT2D eigenvalue weighted by Gasteiger charge is -2.36. The van der Waals surface area contributed by atoms with Crippen LogP contribution in [0.2, 0.25) is 0 Å². The summed E-state index contributed by atoms with van der Waals surface area (Å²) in [5.74, 6) is 0.845. The predicted molar refractivity (Wildman–Crippen MR) is 147 cm³/mol. The zero-order valence-corrected chi connectivity index (χ0v) is 22.1. The summed E-state index contributed by atoms with van der Waals surface area (Å²) >= 11 is 0. The molecule has 1 amide bonds. The monoisotopic (exact) mass is 505 g/mol. The van der Waals surface area contributed by atoms with Gasteiger partial charge >= 0.3 is 0 Å². The number of piperazine rings is 1. The molecule has 0 aliphatic carbocycles. The van der Waals surface area contributed by atoms with Crippen LogP contribution in [-0.2, 0) is 17.4 Å². The lowest BCUT2D eigenvalue weighted by atomic mass is 10.1. The molecule has 1 N–H and O–H groups in total.